The van der Waals surface area contributed by atoms with Gasteiger partial charge >= 0.3 is 0 Å². The Bertz CT molecular complexity index is 348. The molecule has 0 unspecified atom stereocenters. The third-order valence-electron chi connectivity index (χ3n) is 3.26. The van der Waals surface area contributed by atoms with E-state index in [2.05, 4.69) is 15.7 Å². The molecule has 1 fully saturated rings. The highest BCUT2D eigenvalue weighted by atomic mass is 16.1. The zero-order valence-electron chi connectivity index (χ0n) is 9.80. The molecule has 0 bridgehead atoms. The van der Waals surface area contributed by atoms with Crippen LogP contribution in [-0.2, 0) is 11.3 Å². The lowest BCUT2D eigenvalue weighted by Gasteiger charge is -2.29. The van der Waals surface area contributed by atoms with E-state index in [-0.39, 0.29) is 0 Å². The van der Waals surface area contributed by atoms with Crippen LogP contribution >= 0.6 is 0 Å². The Labute approximate surface area is 96.3 Å². The Morgan fingerprint density at radius 3 is 3.19 bits per heavy atom. The molecule has 2 heterocycles. The summed E-state index contributed by atoms with van der Waals surface area (Å²) in [5, 5.41) is 0. The molecule has 0 saturated carbocycles. The number of aromatic nitrogens is 2. The summed E-state index contributed by atoms with van der Waals surface area (Å²) >= 11 is 0. The number of rotatable bonds is 4. The smallest absolute Gasteiger partial charge is 0.209 e. The Morgan fingerprint density at radius 2 is 2.50 bits per heavy atom. The SMILES string of the molecule is Cc1cn(CC[C@@H]2CCCN(C=O)C2)cn1. The second-order valence-electron chi connectivity index (χ2n) is 4.65. The molecule has 1 aliphatic heterocycles. The second-order valence-corrected chi connectivity index (χ2v) is 4.65. The largest absolute Gasteiger partial charge is 0.345 e. The van der Waals surface area contributed by atoms with Crippen molar-refractivity contribution in [2.75, 3.05) is 13.1 Å². The van der Waals surface area contributed by atoms with Gasteiger partial charge in [-0.25, -0.2) is 4.98 Å². The van der Waals surface area contributed by atoms with Gasteiger partial charge in [-0.3, -0.25) is 4.79 Å². The van der Waals surface area contributed by atoms with E-state index in [0.29, 0.717) is 5.92 Å². The highest BCUT2D eigenvalue weighted by Crippen LogP contribution is 2.19. The minimum atomic E-state index is 0.654. The average Bonchev–Trinajstić information content (AvgIpc) is 2.73. The van der Waals surface area contributed by atoms with E-state index in [1.807, 2.05) is 18.2 Å². The van der Waals surface area contributed by atoms with Crippen LogP contribution in [0.2, 0.25) is 0 Å². The second kappa shape index (κ2) is 5.14. The van der Waals surface area contributed by atoms with Gasteiger partial charge in [0.2, 0.25) is 6.41 Å². The fourth-order valence-electron chi connectivity index (χ4n) is 2.35. The van der Waals surface area contributed by atoms with Crippen molar-refractivity contribution in [2.24, 2.45) is 5.92 Å². The molecule has 1 aromatic rings. The van der Waals surface area contributed by atoms with E-state index in [1.165, 1.54) is 6.42 Å². The molecule has 0 aromatic carbocycles. The Hall–Kier alpha value is -1.32. The summed E-state index contributed by atoms with van der Waals surface area (Å²) in [6.45, 7) is 4.88. The number of piperidine rings is 1. The fraction of sp³-hybridized carbons (Fsp3) is 0.667. The van der Waals surface area contributed by atoms with Gasteiger partial charge in [0.1, 0.15) is 0 Å². The molecule has 1 aromatic heterocycles. The molecule has 4 heteroatoms. The molecule has 0 radical (unpaired) electrons. The van der Waals surface area contributed by atoms with E-state index in [4.69, 9.17) is 0 Å². The molecular formula is C12H19N3O. The molecule has 4 nitrogen and oxygen atoms in total. The Morgan fingerprint density at radius 1 is 1.62 bits per heavy atom. The standard InChI is InChI=1S/C12H19N3O/c1-11-7-14(9-13-11)6-4-12-3-2-5-15(8-12)10-16/h7,9-10,12H,2-6,8H2,1H3/t12-/m0/s1. The topological polar surface area (TPSA) is 38.1 Å². The van der Waals surface area contributed by atoms with Crippen LogP contribution in [-0.4, -0.2) is 34.0 Å². The molecule has 2 rings (SSSR count). The Balaban J connectivity index is 1.79. The number of hydrogen-bond donors (Lipinski definition) is 0. The van der Waals surface area contributed by atoms with Crippen LogP contribution in [0.25, 0.3) is 0 Å². The van der Waals surface area contributed by atoms with Crippen LogP contribution in [0.1, 0.15) is 25.0 Å². The molecule has 1 atom stereocenters. The average molecular weight is 221 g/mol. The van der Waals surface area contributed by atoms with E-state index in [0.717, 1.165) is 44.6 Å². The lowest BCUT2D eigenvalue weighted by Crippen LogP contribution is -2.34. The number of amides is 1. The molecule has 1 aliphatic rings. The van der Waals surface area contributed by atoms with Gasteiger partial charge in [0.15, 0.2) is 0 Å². The monoisotopic (exact) mass is 221 g/mol. The van der Waals surface area contributed by atoms with Gasteiger partial charge in [-0.15, -0.1) is 0 Å². The minimum absolute atomic E-state index is 0.654. The normalized spacial score (nSPS) is 21.1. The molecule has 0 N–H and O–H groups in total. The maximum absolute atomic E-state index is 10.7. The highest BCUT2D eigenvalue weighted by molar-refractivity contribution is 5.47. The fourth-order valence-corrected chi connectivity index (χ4v) is 2.35. The minimum Gasteiger partial charge on any atom is -0.345 e. The van der Waals surface area contributed by atoms with Crippen molar-refractivity contribution in [3.05, 3.63) is 18.2 Å². The van der Waals surface area contributed by atoms with Crippen molar-refractivity contribution in [1.29, 1.82) is 0 Å². The molecule has 88 valence electrons. The molecule has 1 saturated heterocycles. The van der Waals surface area contributed by atoms with Gasteiger partial charge in [0.25, 0.3) is 0 Å². The molecule has 0 spiro atoms. The summed E-state index contributed by atoms with van der Waals surface area (Å²) in [7, 11) is 0. The first kappa shape index (κ1) is 11.2. The zero-order valence-corrected chi connectivity index (χ0v) is 9.80. The van der Waals surface area contributed by atoms with Crippen molar-refractivity contribution >= 4 is 6.41 Å². The number of hydrogen-bond acceptors (Lipinski definition) is 2. The Kier molecular flexibility index (Phi) is 3.59. The van der Waals surface area contributed by atoms with E-state index >= 15 is 0 Å². The van der Waals surface area contributed by atoms with Gasteiger partial charge < -0.3 is 9.47 Å². The molecule has 16 heavy (non-hydrogen) atoms. The zero-order chi connectivity index (χ0) is 11.4. The summed E-state index contributed by atoms with van der Waals surface area (Å²) in [6.07, 6.45) is 8.47. The molecular weight excluding hydrogens is 202 g/mol. The number of carbonyl (C=O) groups excluding carboxylic acids is 1. The third-order valence-corrected chi connectivity index (χ3v) is 3.26. The highest BCUT2D eigenvalue weighted by Gasteiger charge is 2.18. The van der Waals surface area contributed by atoms with Gasteiger partial charge in [0, 0.05) is 25.8 Å². The maximum atomic E-state index is 10.7. The van der Waals surface area contributed by atoms with Crippen molar-refractivity contribution in [3.8, 4) is 0 Å². The van der Waals surface area contributed by atoms with Gasteiger partial charge in [-0.1, -0.05) is 0 Å². The predicted molar refractivity (Wildman–Crippen MR) is 61.9 cm³/mol. The van der Waals surface area contributed by atoms with Crippen LogP contribution in [0.15, 0.2) is 12.5 Å². The maximum Gasteiger partial charge on any atom is 0.209 e. The summed E-state index contributed by atoms with van der Waals surface area (Å²) < 4.78 is 2.13. The first-order valence-electron chi connectivity index (χ1n) is 5.95. The summed E-state index contributed by atoms with van der Waals surface area (Å²) in [6, 6.07) is 0. The van der Waals surface area contributed by atoms with Gasteiger partial charge in [-0.05, 0) is 32.1 Å². The van der Waals surface area contributed by atoms with E-state index in [9.17, 15) is 4.79 Å². The van der Waals surface area contributed by atoms with Crippen LogP contribution < -0.4 is 0 Å². The summed E-state index contributed by atoms with van der Waals surface area (Å²) in [5.74, 6) is 0.654. The van der Waals surface area contributed by atoms with Gasteiger partial charge in [0.05, 0.1) is 12.0 Å². The summed E-state index contributed by atoms with van der Waals surface area (Å²) in [5.41, 5.74) is 1.07. The lowest BCUT2D eigenvalue weighted by atomic mass is 9.95. The number of carbonyl (C=O) groups is 1. The number of likely N-dealkylation sites (tertiary alicyclic amines) is 1. The van der Waals surface area contributed by atoms with Crippen LogP contribution in [0.4, 0.5) is 0 Å². The van der Waals surface area contributed by atoms with Crippen molar-refractivity contribution in [1.82, 2.24) is 14.5 Å². The number of aryl methyl sites for hydroxylation is 2. The first-order valence-corrected chi connectivity index (χ1v) is 5.95. The van der Waals surface area contributed by atoms with E-state index in [1.54, 1.807) is 0 Å². The van der Waals surface area contributed by atoms with Crippen LogP contribution in [0.3, 0.4) is 0 Å². The summed E-state index contributed by atoms with van der Waals surface area (Å²) in [4.78, 5) is 16.8. The van der Waals surface area contributed by atoms with Crippen molar-refractivity contribution < 1.29 is 4.79 Å². The van der Waals surface area contributed by atoms with Crippen LogP contribution in [0.5, 0.6) is 0 Å². The van der Waals surface area contributed by atoms with Crippen LogP contribution in [0, 0.1) is 12.8 Å². The lowest BCUT2D eigenvalue weighted by molar-refractivity contribution is -0.119. The quantitative estimate of drug-likeness (QED) is 0.722. The van der Waals surface area contributed by atoms with E-state index < -0.39 is 0 Å². The third kappa shape index (κ3) is 2.84. The van der Waals surface area contributed by atoms with Gasteiger partial charge in [-0.2, -0.15) is 0 Å². The number of nitrogens with zero attached hydrogens (tertiary/aromatic N) is 3. The van der Waals surface area contributed by atoms with Crippen molar-refractivity contribution in [3.63, 3.8) is 0 Å². The predicted octanol–water partition coefficient (Wildman–Crippen LogP) is 1.45. The molecule has 1 amide bonds. The first-order chi connectivity index (χ1) is 7.78. The number of imidazole rings is 1. The molecule has 0 aliphatic carbocycles. The van der Waals surface area contributed by atoms with Crippen molar-refractivity contribution in [2.45, 2.75) is 32.7 Å².